The van der Waals surface area contributed by atoms with Crippen molar-refractivity contribution in [2.75, 3.05) is 19.8 Å². The molecule has 0 amide bonds. The monoisotopic (exact) mass is 220 g/mol. The maximum Gasteiger partial charge on any atom is 0.159 e. The minimum atomic E-state index is 0.0105. The second-order valence-electron chi connectivity index (χ2n) is 3.51. The zero-order valence-corrected chi connectivity index (χ0v) is 9.40. The summed E-state index contributed by atoms with van der Waals surface area (Å²) in [4.78, 5) is 11.1. The van der Waals surface area contributed by atoms with Crippen LogP contribution < -0.4 is 0 Å². The van der Waals surface area contributed by atoms with Gasteiger partial charge >= 0.3 is 0 Å². The van der Waals surface area contributed by atoms with Gasteiger partial charge in [-0.1, -0.05) is 30.8 Å². The molecule has 1 aromatic rings. The standard InChI is InChI=1S/C13H16O3/c1-10(9-16-8-7-14)12-3-5-13(6-4-12)11(2)15/h3-6,14H,1,7-9H2,2H3. The average Bonchev–Trinajstić information content (AvgIpc) is 2.29. The van der Waals surface area contributed by atoms with Crippen molar-refractivity contribution in [2.45, 2.75) is 6.92 Å². The Labute approximate surface area is 95.4 Å². The third-order valence-electron chi connectivity index (χ3n) is 2.21. The molecule has 1 N–H and O–H groups in total. The lowest BCUT2D eigenvalue weighted by Crippen LogP contribution is -2.02. The number of ether oxygens (including phenoxy) is 1. The highest BCUT2D eigenvalue weighted by molar-refractivity contribution is 5.94. The van der Waals surface area contributed by atoms with Gasteiger partial charge in [0.25, 0.3) is 0 Å². The molecule has 0 aliphatic carbocycles. The number of hydrogen-bond acceptors (Lipinski definition) is 3. The van der Waals surface area contributed by atoms with Crippen LogP contribution in [0.2, 0.25) is 0 Å². The van der Waals surface area contributed by atoms with Crippen LogP contribution in [-0.2, 0) is 4.74 Å². The molecule has 0 radical (unpaired) electrons. The summed E-state index contributed by atoms with van der Waals surface area (Å²) in [5, 5.41) is 8.56. The molecule has 16 heavy (non-hydrogen) atoms. The molecule has 1 aromatic carbocycles. The summed E-state index contributed by atoms with van der Waals surface area (Å²) in [5.41, 5.74) is 2.47. The molecule has 0 saturated heterocycles. The van der Waals surface area contributed by atoms with E-state index < -0.39 is 0 Å². The van der Waals surface area contributed by atoms with E-state index in [1.165, 1.54) is 6.92 Å². The van der Waals surface area contributed by atoms with Crippen LogP contribution in [-0.4, -0.2) is 30.7 Å². The number of carbonyl (C=O) groups is 1. The third kappa shape index (κ3) is 3.61. The van der Waals surface area contributed by atoms with Crippen molar-refractivity contribution in [3.63, 3.8) is 0 Å². The SMILES string of the molecule is C=C(COCCO)c1ccc(C(C)=O)cc1. The van der Waals surface area contributed by atoms with E-state index >= 15 is 0 Å². The number of carbonyl (C=O) groups excluding carboxylic acids is 1. The molecule has 0 fully saturated rings. The van der Waals surface area contributed by atoms with Crippen molar-refractivity contribution in [1.29, 1.82) is 0 Å². The Hall–Kier alpha value is -1.45. The fourth-order valence-corrected chi connectivity index (χ4v) is 1.28. The van der Waals surface area contributed by atoms with Crippen LogP contribution in [0, 0.1) is 0 Å². The van der Waals surface area contributed by atoms with Gasteiger partial charge in [0.15, 0.2) is 5.78 Å². The molecule has 0 bridgehead atoms. The second-order valence-corrected chi connectivity index (χ2v) is 3.51. The van der Waals surface area contributed by atoms with E-state index in [-0.39, 0.29) is 12.4 Å². The van der Waals surface area contributed by atoms with Gasteiger partial charge in [0, 0.05) is 5.56 Å². The van der Waals surface area contributed by atoms with Crippen LogP contribution in [0.1, 0.15) is 22.8 Å². The van der Waals surface area contributed by atoms with Crippen LogP contribution >= 0.6 is 0 Å². The molecule has 0 aliphatic rings. The smallest absolute Gasteiger partial charge is 0.159 e. The van der Waals surface area contributed by atoms with Crippen molar-refractivity contribution in [3.8, 4) is 0 Å². The first-order chi connectivity index (χ1) is 7.65. The summed E-state index contributed by atoms with van der Waals surface area (Å²) < 4.78 is 5.16. The van der Waals surface area contributed by atoms with E-state index in [0.29, 0.717) is 18.8 Å². The molecular formula is C13H16O3. The lowest BCUT2D eigenvalue weighted by Gasteiger charge is -2.06. The van der Waals surface area contributed by atoms with E-state index in [9.17, 15) is 4.79 Å². The molecule has 3 heteroatoms. The molecule has 0 unspecified atom stereocenters. The minimum absolute atomic E-state index is 0.0105. The zero-order chi connectivity index (χ0) is 12.0. The van der Waals surface area contributed by atoms with Crippen molar-refractivity contribution >= 4 is 11.4 Å². The Morgan fingerprint density at radius 3 is 2.38 bits per heavy atom. The van der Waals surface area contributed by atoms with Crippen molar-refractivity contribution < 1.29 is 14.6 Å². The second kappa shape index (κ2) is 6.20. The highest BCUT2D eigenvalue weighted by Crippen LogP contribution is 2.14. The van der Waals surface area contributed by atoms with E-state index in [1.807, 2.05) is 12.1 Å². The van der Waals surface area contributed by atoms with Gasteiger partial charge in [0.05, 0.1) is 19.8 Å². The summed E-state index contributed by atoms with van der Waals surface area (Å²) in [6.07, 6.45) is 0. The topological polar surface area (TPSA) is 46.5 Å². The summed E-state index contributed by atoms with van der Waals surface area (Å²) in [7, 11) is 0. The van der Waals surface area contributed by atoms with Crippen molar-refractivity contribution in [1.82, 2.24) is 0 Å². The number of Topliss-reactive ketones (excluding diaryl/α,β-unsaturated/α-hetero) is 1. The Kier molecular flexibility index (Phi) is 4.89. The number of benzene rings is 1. The number of aliphatic hydroxyl groups excluding tert-OH is 1. The van der Waals surface area contributed by atoms with Gasteiger partial charge in [-0.2, -0.15) is 0 Å². The Morgan fingerprint density at radius 1 is 1.31 bits per heavy atom. The fourth-order valence-electron chi connectivity index (χ4n) is 1.28. The van der Waals surface area contributed by atoms with Gasteiger partial charge in [-0.3, -0.25) is 4.79 Å². The van der Waals surface area contributed by atoms with Gasteiger partial charge < -0.3 is 9.84 Å². The molecule has 0 atom stereocenters. The maximum atomic E-state index is 11.1. The highest BCUT2D eigenvalue weighted by atomic mass is 16.5. The summed E-state index contributed by atoms with van der Waals surface area (Å²) in [6.45, 7) is 6.13. The largest absolute Gasteiger partial charge is 0.394 e. The first kappa shape index (κ1) is 12.6. The van der Waals surface area contributed by atoms with Crippen LogP contribution in [0.5, 0.6) is 0 Å². The summed E-state index contributed by atoms with van der Waals surface area (Å²) >= 11 is 0. The molecule has 0 spiro atoms. The first-order valence-corrected chi connectivity index (χ1v) is 5.13. The molecule has 0 aliphatic heterocycles. The van der Waals surface area contributed by atoms with Crippen LogP contribution in [0.4, 0.5) is 0 Å². The number of ketones is 1. The fraction of sp³-hybridized carbons (Fsp3) is 0.308. The number of rotatable bonds is 6. The number of hydrogen-bond donors (Lipinski definition) is 1. The molecule has 3 nitrogen and oxygen atoms in total. The number of aliphatic hydroxyl groups is 1. The molecule has 1 rings (SSSR count). The molecule has 0 heterocycles. The minimum Gasteiger partial charge on any atom is -0.394 e. The Morgan fingerprint density at radius 2 is 1.88 bits per heavy atom. The van der Waals surface area contributed by atoms with Crippen LogP contribution in [0.15, 0.2) is 30.8 Å². The maximum absolute atomic E-state index is 11.1. The first-order valence-electron chi connectivity index (χ1n) is 5.13. The molecular weight excluding hydrogens is 204 g/mol. The molecule has 0 saturated carbocycles. The average molecular weight is 220 g/mol. The summed E-state index contributed by atoms with van der Waals surface area (Å²) in [5.74, 6) is 0.0497. The van der Waals surface area contributed by atoms with Gasteiger partial charge in [0.1, 0.15) is 0 Å². The molecule has 86 valence electrons. The predicted molar refractivity (Wildman–Crippen MR) is 63.4 cm³/mol. The van der Waals surface area contributed by atoms with Crippen molar-refractivity contribution in [3.05, 3.63) is 42.0 Å². The quantitative estimate of drug-likeness (QED) is 0.588. The van der Waals surface area contributed by atoms with Gasteiger partial charge in [0.2, 0.25) is 0 Å². The Bertz CT molecular complexity index is 365. The lowest BCUT2D eigenvalue weighted by molar-refractivity contribution is 0.101. The predicted octanol–water partition coefficient (Wildman–Crippen LogP) is 1.91. The Balaban J connectivity index is 2.59. The highest BCUT2D eigenvalue weighted by Gasteiger charge is 2.01. The summed E-state index contributed by atoms with van der Waals surface area (Å²) in [6, 6.07) is 7.24. The van der Waals surface area contributed by atoms with Gasteiger partial charge in [-0.25, -0.2) is 0 Å². The normalized spacial score (nSPS) is 10.1. The van der Waals surface area contributed by atoms with Crippen LogP contribution in [0.25, 0.3) is 5.57 Å². The van der Waals surface area contributed by atoms with E-state index in [0.717, 1.165) is 11.1 Å². The zero-order valence-electron chi connectivity index (χ0n) is 9.40. The molecule has 0 aromatic heterocycles. The van der Waals surface area contributed by atoms with Gasteiger partial charge in [-0.15, -0.1) is 0 Å². The van der Waals surface area contributed by atoms with Crippen LogP contribution in [0.3, 0.4) is 0 Å². The van der Waals surface area contributed by atoms with Gasteiger partial charge in [-0.05, 0) is 18.1 Å². The van der Waals surface area contributed by atoms with E-state index in [4.69, 9.17) is 9.84 Å². The van der Waals surface area contributed by atoms with E-state index in [1.54, 1.807) is 12.1 Å². The van der Waals surface area contributed by atoms with E-state index in [2.05, 4.69) is 6.58 Å². The lowest BCUT2D eigenvalue weighted by atomic mass is 10.0. The van der Waals surface area contributed by atoms with Crippen molar-refractivity contribution in [2.24, 2.45) is 0 Å². The third-order valence-corrected chi connectivity index (χ3v) is 2.21.